The van der Waals surface area contributed by atoms with Gasteiger partial charge in [0.05, 0.1) is 23.2 Å². The average Bonchev–Trinajstić information content (AvgIpc) is 2.96. The molecule has 1 aromatic heterocycles. The number of thiazole rings is 1. The summed E-state index contributed by atoms with van der Waals surface area (Å²) in [5.41, 5.74) is 5.54. The van der Waals surface area contributed by atoms with E-state index in [4.69, 9.17) is 0 Å². The number of rotatable bonds is 5. The van der Waals surface area contributed by atoms with Gasteiger partial charge in [0.1, 0.15) is 0 Å². The van der Waals surface area contributed by atoms with E-state index in [2.05, 4.69) is 60.5 Å². The van der Waals surface area contributed by atoms with Gasteiger partial charge >= 0.3 is 0 Å². The number of hydrogen-bond donors (Lipinski definition) is 1. The van der Waals surface area contributed by atoms with Gasteiger partial charge in [-0.1, -0.05) is 54.1 Å². The van der Waals surface area contributed by atoms with Crippen molar-refractivity contribution in [1.82, 2.24) is 10.3 Å². The summed E-state index contributed by atoms with van der Waals surface area (Å²) in [4.78, 5) is 18.3. The molecule has 0 spiro atoms. The van der Waals surface area contributed by atoms with Gasteiger partial charge in [-0.15, -0.1) is 11.3 Å². The number of nitrogens with one attached hydrogen (secondary N) is 1. The average molecular weight is 365 g/mol. The van der Waals surface area contributed by atoms with Gasteiger partial charge in [0.25, 0.3) is 0 Å². The lowest BCUT2D eigenvalue weighted by Gasteiger charge is -2.16. The molecular weight excluding hydrogens is 340 g/mol. The minimum absolute atomic E-state index is 0.0134. The van der Waals surface area contributed by atoms with Gasteiger partial charge in [-0.25, -0.2) is 4.98 Å². The molecule has 1 atom stereocenters. The molecule has 0 fully saturated rings. The number of nitrogens with zero attached hydrogens (tertiary/aromatic N) is 1. The van der Waals surface area contributed by atoms with E-state index in [1.165, 1.54) is 11.1 Å². The second-order valence-corrected chi connectivity index (χ2v) is 7.98. The highest BCUT2D eigenvalue weighted by molar-refractivity contribution is 7.12. The van der Waals surface area contributed by atoms with E-state index in [-0.39, 0.29) is 11.9 Å². The third-order valence-electron chi connectivity index (χ3n) is 4.48. The lowest BCUT2D eigenvalue weighted by Crippen LogP contribution is -2.28. The number of carbonyl (C=O) groups excluding carboxylic acids is 1. The SMILES string of the molecule is Cc1ccc(-c2nc(C)sc2CC(=O)NC(C)c2ccccc2C)cc1. The van der Waals surface area contributed by atoms with Crippen LogP contribution in [0.5, 0.6) is 0 Å². The van der Waals surface area contributed by atoms with E-state index < -0.39 is 0 Å². The fourth-order valence-electron chi connectivity index (χ4n) is 3.11. The molecule has 3 rings (SSSR count). The van der Waals surface area contributed by atoms with E-state index in [0.717, 1.165) is 26.7 Å². The van der Waals surface area contributed by atoms with Gasteiger partial charge in [-0.05, 0) is 38.8 Å². The molecule has 3 aromatic rings. The molecule has 1 amide bonds. The number of amides is 1. The van der Waals surface area contributed by atoms with Gasteiger partial charge in [-0.3, -0.25) is 4.79 Å². The topological polar surface area (TPSA) is 42.0 Å². The summed E-state index contributed by atoms with van der Waals surface area (Å²) in [7, 11) is 0. The first-order valence-electron chi connectivity index (χ1n) is 8.82. The molecule has 0 aliphatic heterocycles. The van der Waals surface area contributed by atoms with Crippen LogP contribution in [0, 0.1) is 20.8 Å². The van der Waals surface area contributed by atoms with E-state index in [1.54, 1.807) is 11.3 Å². The molecule has 1 N–H and O–H groups in total. The van der Waals surface area contributed by atoms with Crippen LogP contribution in [0.25, 0.3) is 11.3 Å². The molecule has 4 heteroatoms. The Morgan fingerprint density at radius 2 is 1.77 bits per heavy atom. The molecule has 0 aliphatic carbocycles. The summed E-state index contributed by atoms with van der Waals surface area (Å²) >= 11 is 1.60. The monoisotopic (exact) mass is 364 g/mol. The Morgan fingerprint density at radius 3 is 2.46 bits per heavy atom. The van der Waals surface area contributed by atoms with Crippen molar-refractivity contribution in [3.63, 3.8) is 0 Å². The Morgan fingerprint density at radius 1 is 1.08 bits per heavy atom. The highest BCUT2D eigenvalue weighted by Gasteiger charge is 2.17. The van der Waals surface area contributed by atoms with Crippen molar-refractivity contribution in [2.24, 2.45) is 0 Å². The Balaban J connectivity index is 1.76. The fourth-order valence-corrected chi connectivity index (χ4v) is 4.07. The van der Waals surface area contributed by atoms with Crippen molar-refractivity contribution in [3.05, 3.63) is 75.1 Å². The predicted molar refractivity (Wildman–Crippen MR) is 108 cm³/mol. The van der Waals surface area contributed by atoms with Crippen molar-refractivity contribution >= 4 is 17.2 Å². The molecule has 2 aromatic carbocycles. The smallest absolute Gasteiger partial charge is 0.225 e. The zero-order valence-corrected chi connectivity index (χ0v) is 16.5. The summed E-state index contributed by atoms with van der Waals surface area (Å²) in [5.74, 6) is 0.0257. The zero-order valence-electron chi connectivity index (χ0n) is 15.7. The minimum Gasteiger partial charge on any atom is -0.349 e. The third kappa shape index (κ3) is 4.20. The van der Waals surface area contributed by atoms with Crippen LogP contribution in [0.3, 0.4) is 0 Å². The van der Waals surface area contributed by atoms with Gasteiger partial charge in [0.2, 0.25) is 5.91 Å². The van der Waals surface area contributed by atoms with Crippen molar-refractivity contribution in [2.75, 3.05) is 0 Å². The van der Waals surface area contributed by atoms with Crippen LogP contribution >= 0.6 is 11.3 Å². The molecule has 0 aliphatic rings. The summed E-state index contributed by atoms with van der Waals surface area (Å²) in [6.45, 7) is 8.15. The summed E-state index contributed by atoms with van der Waals surface area (Å²) in [6.07, 6.45) is 0.352. The molecule has 0 saturated heterocycles. The maximum Gasteiger partial charge on any atom is 0.225 e. The molecule has 26 heavy (non-hydrogen) atoms. The van der Waals surface area contributed by atoms with Crippen LogP contribution in [0.2, 0.25) is 0 Å². The first kappa shape index (κ1) is 18.3. The standard InChI is InChI=1S/C22H24N2OS/c1-14-9-11-18(12-10-14)22-20(26-17(4)24-22)13-21(25)23-16(3)19-8-6-5-7-15(19)2/h5-12,16H,13H2,1-4H3,(H,23,25). The van der Waals surface area contributed by atoms with Gasteiger partial charge < -0.3 is 5.32 Å². The van der Waals surface area contributed by atoms with Gasteiger partial charge in [0, 0.05) is 10.4 Å². The van der Waals surface area contributed by atoms with Crippen LogP contribution in [0.15, 0.2) is 48.5 Å². The quantitative estimate of drug-likeness (QED) is 0.680. The summed E-state index contributed by atoms with van der Waals surface area (Å²) in [5, 5.41) is 4.10. The van der Waals surface area contributed by atoms with Crippen LogP contribution < -0.4 is 5.32 Å². The first-order chi connectivity index (χ1) is 12.4. The number of aromatic nitrogens is 1. The minimum atomic E-state index is -0.0134. The van der Waals surface area contributed by atoms with E-state index in [9.17, 15) is 4.79 Å². The number of aryl methyl sites for hydroxylation is 3. The molecule has 0 saturated carbocycles. The summed E-state index contributed by atoms with van der Waals surface area (Å²) < 4.78 is 0. The van der Waals surface area contributed by atoms with E-state index in [0.29, 0.717) is 6.42 Å². The van der Waals surface area contributed by atoms with E-state index >= 15 is 0 Å². The normalized spacial score (nSPS) is 12.0. The van der Waals surface area contributed by atoms with Crippen LogP contribution in [0.1, 0.15) is 39.5 Å². The largest absolute Gasteiger partial charge is 0.349 e. The molecule has 134 valence electrons. The Bertz CT molecular complexity index is 912. The molecular formula is C22H24N2OS. The molecule has 3 nitrogen and oxygen atoms in total. The second-order valence-electron chi connectivity index (χ2n) is 6.69. The number of benzene rings is 2. The Hall–Kier alpha value is -2.46. The zero-order chi connectivity index (χ0) is 18.7. The van der Waals surface area contributed by atoms with Crippen molar-refractivity contribution in [3.8, 4) is 11.3 Å². The molecule has 1 heterocycles. The fraction of sp³-hybridized carbons (Fsp3) is 0.273. The highest BCUT2D eigenvalue weighted by Crippen LogP contribution is 2.29. The van der Waals surface area contributed by atoms with Crippen molar-refractivity contribution in [2.45, 2.75) is 40.2 Å². The second kappa shape index (κ2) is 7.83. The Kier molecular flexibility index (Phi) is 5.52. The predicted octanol–water partition coefficient (Wildman–Crippen LogP) is 5.16. The van der Waals surface area contributed by atoms with Gasteiger partial charge in [0.15, 0.2) is 0 Å². The number of carbonyl (C=O) groups is 1. The van der Waals surface area contributed by atoms with Crippen LogP contribution in [-0.4, -0.2) is 10.9 Å². The Labute approximate surface area is 159 Å². The maximum atomic E-state index is 12.6. The maximum absolute atomic E-state index is 12.6. The lowest BCUT2D eigenvalue weighted by atomic mass is 10.0. The number of hydrogen-bond acceptors (Lipinski definition) is 3. The molecule has 1 unspecified atom stereocenters. The van der Waals surface area contributed by atoms with Crippen LogP contribution in [-0.2, 0) is 11.2 Å². The summed E-state index contributed by atoms with van der Waals surface area (Å²) in [6, 6.07) is 16.4. The molecule has 0 bridgehead atoms. The van der Waals surface area contributed by atoms with Crippen molar-refractivity contribution < 1.29 is 4.79 Å². The van der Waals surface area contributed by atoms with Crippen LogP contribution in [0.4, 0.5) is 0 Å². The van der Waals surface area contributed by atoms with Crippen molar-refractivity contribution in [1.29, 1.82) is 0 Å². The third-order valence-corrected chi connectivity index (χ3v) is 5.45. The first-order valence-corrected chi connectivity index (χ1v) is 9.64. The highest BCUT2D eigenvalue weighted by atomic mass is 32.1. The van der Waals surface area contributed by atoms with Gasteiger partial charge in [-0.2, -0.15) is 0 Å². The van der Waals surface area contributed by atoms with E-state index in [1.807, 2.05) is 26.0 Å². The lowest BCUT2D eigenvalue weighted by molar-refractivity contribution is -0.121. The molecule has 0 radical (unpaired) electrons.